The number of aliphatic hydroxyl groups excluding tert-OH is 1. The zero-order chi connectivity index (χ0) is 16.3. The van der Waals surface area contributed by atoms with E-state index in [1.165, 1.54) is 11.1 Å². The van der Waals surface area contributed by atoms with Crippen LogP contribution < -0.4 is 0 Å². The minimum absolute atomic E-state index is 0.231. The summed E-state index contributed by atoms with van der Waals surface area (Å²) in [4.78, 5) is 0. The highest BCUT2D eigenvalue weighted by atomic mass is 16.5. The third-order valence-corrected chi connectivity index (χ3v) is 5.38. The molecule has 2 aliphatic rings. The van der Waals surface area contributed by atoms with Crippen LogP contribution in [0.15, 0.2) is 35.5 Å². The second-order valence-corrected chi connectivity index (χ2v) is 7.14. The molecule has 2 nitrogen and oxygen atoms in total. The molecular formula is C20H32O2. The fourth-order valence-corrected chi connectivity index (χ4v) is 3.56. The van der Waals surface area contributed by atoms with E-state index >= 15 is 0 Å². The minimum Gasteiger partial charge on any atom is -0.396 e. The van der Waals surface area contributed by atoms with Crippen LogP contribution in [-0.2, 0) is 4.74 Å². The van der Waals surface area contributed by atoms with E-state index in [9.17, 15) is 5.11 Å². The number of hydrogen-bond acceptors (Lipinski definition) is 2. The summed E-state index contributed by atoms with van der Waals surface area (Å²) in [5, 5.41) is 9.23. The molecule has 1 N–H and O–H groups in total. The van der Waals surface area contributed by atoms with Crippen LogP contribution in [0.25, 0.3) is 0 Å². The van der Waals surface area contributed by atoms with Crippen LogP contribution in [0.2, 0.25) is 0 Å². The van der Waals surface area contributed by atoms with Gasteiger partial charge in [-0.05, 0) is 61.5 Å². The molecule has 2 rings (SSSR count). The van der Waals surface area contributed by atoms with Gasteiger partial charge in [0.15, 0.2) is 0 Å². The molecule has 0 radical (unpaired) electrons. The fraction of sp³-hybridized carbons (Fsp3) is 0.700. The number of allylic oxidation sites excluding steroid dienone is 3. The molecule has 1 aliphatic heterocycles. The van der Waals surface area contributed by atoms with Gasteiger partial charge in [-0.3, -0.25) is 0 Å². The molecule has 1 heterocycles. The molecule has 0 bridgehead atoms. The predicted molar refractivity (Wildman–Crippen MR) is 92.6 cm³/mol. The first-order valence-corrected chi connectivity index (χ1v) is 8.77. The van der Waals surface area contributed by atoms with Crippen LogP contribution in [-0.4, -0.2) is 23.9 Å². The topological polar surface area (TPSA) is 29.5 Å². The Morgan fingerprint density at radius 3 is 2.82 bits per heavy atom. The normalized spacial score (nSPS) is 37.3. The molecule has 1 fully saturated rings. The largest absolute Gasteiger partial charge is 0.396 e. The zero-order valence-corrected chi connectivity index (χ0v) is 14.8. The van der Waals surface area contributed by atoms with Crippen LogP contribution in [0, 0.1) is 23.7 Å². The maximum Gasteiger partial charge on any atom is 0.0825 e. The highest BCUT2D eigenvalue weighted by Crippen LogP contribution is 2.46. The van der Waals surface area contributed by atoms with Gasteiger partial charge in [0.2, 0.25) is 0 Å². The highest BCUT2D eigenvalue weighted by Gasteiger charge is 2.43. The van der Waals surface area contributed by atoms with Crippen LogP contribution in [0.4, 0.5) is 0 Å². The molecule has 1 aliphatic carbocycles. The summed E-state index contributed by atoms with van der Waals surface area (Å²) >= 11 is 0. The summed E-state index contributed by atoms with van der Waals surface area (Å²) < 4.78 is 6.21. The van der Waals surface area contributed by atoms with E-state index in [0.29, 0.717) is 30.3 Å². The summed E-state index contributed by atoms with van der Waals surface area (Å²) in [6.45, 7) is 11.3. The average Bonchev–Trinajstić information content (AvgIpc) is 3.14. The summed E-state index contributed by atoms with van der Waals surface area (Å²) in [5.74, 6) is 2.11. The first-order valence-electron chi connectivity index (χ1n) is 8.77. The van der Waals surface area contributed by atoms with Crippen molar-refractivity contribution >= 4 is 0 Å². The third-order valence-electron chi connectivity index (χ3n) is 5.38. The Morgan fingerprint density at radius 1 is 1.50 bits per heavy atom. The molecule has 0 unspecified atom stereocenters. The van der Waals surface area contributed by atoms with Gasteiger partial charge in [0.25, 0.3) is 0 Å². The van der Waals surface area contributed by atoms with Gasteiger partial charge in [-0.25, -0.2) is 0 Å². The van der Waals surface area contributed by atoms with E-state index in [-0.39, 0.29) is 12.2 Å². The predicted octanol–water partition coefficient (Wildman–Crippen LogP) is 4.51. The van der Waals surface area contributed by atoms with Crippen molar-refractivity contribution in [2.24, 2.45) is 23.7 Å². The zero-order valence-electron chi connectivity index (χ0n) is 14.8. The maximum absolute atomic E-state index is 9.23. The van der Waals surface area contributed by atoms with Gasteiger partial charge in [-0.15, -0.1) is 0 Å². The molecule has 0 aromatic heterocycles. The van der Waals surface area contributed by atoms with Crippen molar-refractivity contribution in [2.45, 2.75) is 59.7 Å². The lowest BCUT2D eigenvalue weighted by Gasteiger charge is -2.29. The van der Waals surface area contributed by atoms with Gasteiger partial charge < -0.3 is 9.84 Å². The van der Waals surface area contributed by atoms with Crippen molar-refractivity contribution < 1.29 is 9.84 Å². The van der Waals surface area contributed by atoms with Crippen molar-refractivity contribution in [3.63, 3.8) is 0 Å². The molecule has 0 saturated heterocycles. The van der Waals surface area contributed by atoms with Gasteiger partial charge in [-0.1, -0.05) is 45.1 Å². The number of ether oxygens (including phenoxy) is 1. The Labute approximate surface area is 136 Å². The van der Waals surface area contributed by atoms with Crippen molar-refractivity contribution in [1.82, 2.24) is 0 Å². The van der Waals surface area contributed by atoms with Crippen LogP contribution in [0.3, 0.4) is 0 Å². The molecule has 0 amide bonds. The molecule has 0 aromatic rings. The fourth-order valence-electron chi connectivity index (χ4n) is 3.56. The van der Waals surface area contributed by atoms with Crippen molar-refractivity contribution in [1.29, 1.82) is 0 Å². The summed E-state index contributed by atoms with van der Waals surface area (Å²) in [6, 6.07) is 0. The van der Waals surface area contributed by atoms with Crippen LogP contribution in [0.1, 0.15) is 47.5 Å². The Kier molecular flexibility index (Phi) is 6.05. The van der Waals surface area contributed by atoms with E-state index in [1.807, 2.05) is 0 Å². The first kappa shape index (κ1) is 17.5. The molecule has 0 spiro atoms. The smallest absolute Gasteiger partial charge is 0.0825 e. The van der Waals surface area contributed by atoms with Gasteiger partial charge in [0.1, 0.15) is 0 Å². The SMILES string of the molecule is CC[C@H]1O[C@@H](/C(C)=C/[C@H](C)/C=C/[C@H]2[C@@H](C)[C@@H]2CO)CC=C1C. The van der Waals surface area contributed by atoms with E-state index < -0.39 is 0 Å². The standard InChI is InChI=1S/C20H32O2/c1-6-19-14(3)8-10-20(22-19)15(4)11-13(2)7-9-17-16(5)18(17)12-21/h7-9,11,13,16-21H,6,10,12H2,1-5H3/b9-7+,15-11+/t13-,16-,17+,18+,19-,20-/m1/s1. The Bertz CT molecular complexity index is 460. The van der Waals surface area contributed by atoms with Gasteiger partial charge >= 0.3 is 0 Å². The van der Waals surface area contributed by atoms with E-state index in [2.05, 4.69) is 58.9 Å². The van der Waals surface area contributed by atoms with E-state index in [4.69, 9.17) is 4.74 Å². The minimum atomic E-state index is 0.231. The average molecular weight is 304 g/mol. The summed E-state index contributed by atoms with van der Waals surface area (Å²) in [5.41, 5.74) is 2.71. The van der Waals surface area contributed by atoms with Crippen molar-refractivity contribution in [3.05, 3.63) is 35.5 Å². The summed E-state index contributed by atoms with van der Waals surface area (Å²) in [6.07, 6.45) is 11.8. The molecule has 2 heteroatoms. The number of hydrogen-bond donors (Lipinski definition) is 1. The lowest BCUT2D eigenvalue weighted by molar-refractivity contribution is 0.0178. The third kappa shape index (κ3) is 4.11. The Morgan fingerprint density at radius 2 is 2.23 bits per heavy atom. The summed E-state index contributed by atoms with van der Waals surface area (Å²) in [7, 11) is 0. The second kappa shape index (κ2) is 7.61. The van der Waals surface area contributed by atoms with E-state index in [1.54, 1.807) is 0 Å². The molecule has 124 valence electrons. The molecule has 1 saturated carbocycles. The van der Waals surface area contributed by atoms with E-state index in [0.717, 1.165) is 12.8 Å². The number of rotatable bonds is 6. The van der Waals surface area contributed by atoms with Crippen molar-refractivity contribution in [2.75, 3.05) is 6.61 Å². The Hall–Kier alpha value is -0.860. The monoisotopic (exact) mass is 304 g/mol. The van der Waals surface area contributed by atoms with Gasteiger partial charge in [-0.2, -0.15) is 0 Å². The molecule has 0 aromatic carbocycles. The lowest BCUT2D eigenvalue weighted by Crippen LogP contribution is -2.27. The Balaban J connectivity index is 1.90. The first-order chi connectivity index (χ1) is 10.5. The molecule has 6 atom stereocenters. The van der Waals surface area contributed by atoms with Crippen LogP contribution >= 0.6 is 0 Å². The van der Waals surface area contributed by atoms with Gasteiger partial charge in [0.05, 0.1) is 12.2 Å². The number of aliphatic hydroxyl groups is 1. The lowest BCUT2D eigenvalue weighted by atomic mass is 9.96. The highest BCUT2D eigenvalue weighted by molar-refractivity contribution is 5.18. The molecule has 22 heavy (non-hydrogen) atoms. The van der Waals surface area contributed by atoms with Gasteiger partial charge in [0, 0.05) is 6.61 Å². The quantitative estimate of drug-likeness (QED) is 0.731. The molecular weight excluding hydrogens is 272 g/mol. The maximum atomic E-state index is 9.23. The van der Waals surface area contributed by atoms with Crippen molar-refractivity contribution in [3.8, 4) is 0 Å². The second-order valence-electron chi connectivity index (χ2n) is 7.14. The van der Waals surface area contributed by atoms with Crippen LogP contribution in [0.5, 0.6) is 0 Å².